The number of halogens is 1. The highest BCUT2D eigenvalue weighted by atomic mass is 79.9. The molecular formula is C15H17BrN2O2S. The summed E-state index contributed by atoms with van der Waals surface area (Å²) in [5.41, 5.74) is 7.98. The molecule has 112 valence electrons. The van der Waals surface area contributed by atoms with Crippen LogP contribution in [0.25, 0.3) is 0 Å². The van der Waals surface area contributed by atoms with Crippen LogP contribution in [0.2, 0.25) is 0 Å². The Hall–Kier alpha value is -1.37. The minimum atomic E-state index is -3.68. The van der Waals surface area contributed by atoms with Crippen molar-refractivity contribution >= 4 is 31.6 Å². The molecule has 0 fully saturated rings. The summed E-state index contributed by atoms with van der Waals surface area (Å²) >= 11 is 3.26. The molecule has 0 bridgehead atoms. The van der Waals surface area contributed by atoms with Gasteiger partial charge in [-0.05, 0) is 43.2 Å². The van der Waals surface area contributed by atoms with E-state index in [1.807, 2.05) is 38.1 Å². The van der Waals surface area contributed by atoms with Crippen molar-refractivity contribution in [1.29, 1.82) is 0 Å². The predicted octanol–water partition coefficient (Wildman–Crippen LogP) is 3.38. The average molecular weight is 369 g/mol. The van der Waals surface area contributed by atoms with E-state index < -0.39 is 10.0 Å². The van der Waals surface area contributed by atoms with Crippen molar-refractivity contribution in [3.8, 4) is 0 Å². The maximum atomic E-state index is 12.5. The number of nitrogens with two attached hydrogens (primary N) is 1. The van der Waals surface area contributed by atoms with Crippen molar-refractivity contribution in [3.05, 3.63) is 58.1 Å². The van der Waals surface area contributed by atoms with Gasteiger partial charge in [0, 0.05) is 10.5 Å². The van der Waals surface area contributed by atoms with Gasteiger partial charge in [0.05, 0.1) is 5.69 Å². The zero-order valence-electron chi connectivity index (χ0n) is 11.8. The number of anilines is 1. The van der Waals surface area contributed by atoms with Crippen LogP contribution < -0.4 is 10.5 Å². The first-order valence-electron chi connectivity index (χ1n) is 6.44. The molecule has 0 aliphatic carbocycles. The maximum absolute atomic E-state index is 12.5. The standard InChI is InChI=1S/C15H17BrN2O2S/c1-10-5-3-4-6-13(10)11(2)18-21(19,20)15-9-12(16)7-8-14(15)17/h3-9,11,18H,17H2,1-2H3. The van der Waals surface area contributed by atoms with E-state index in [0.29, 0.717) is 4.47 Å². The summed E-state index contributed by atoms with van der Waals surface area (Å²) in [4.78, 5) is 0.0808. The first kappa shape index (κ1) is 16.0. The summed E-state index contributed by atoms with van der Waals surface area (Å²) in [6, 6.07) is 12.1. The second-order valence-electron chi connectivity index (χ2n) is 4.88. The molecule has 6 heteroatoms. The molecule has 0 saturated carbocycles. The molecule has 2 aromatic carbocycles. The van der Waals surface area contributed by atoms with Gasteiger partial charge in [0.1, 0.15) is 4.90 Å². The Labute approximate surface area is 133 Å². The number of hydrogen-bond acceptors (Lipinski definition) is 3. The van der Waals surface area contributed by atoms with Crippen molar-refractivity contribution in [2.24, 2.45) is 0 Å². The molecule has 3 N–H and O–H groups in total. The van der Waals surface area contributed by atoms with E-state index in [0.717, 1.165) is 11.1 Å². The maximum Gasteiger partial charge on any atom is 0.243 e. The van der Waals surface area contributed by atoms with Gasteiger partial charge in [-0.3, -0.25) is 0 Å². The minimum Gasteiger partial charge on any atom is -0.398 e. The Morgan fingerprint density at radius 3 is 2.52 bits per heavy atom. The monoisotopic (exact) mass is 368 g/mol. The number of rotatable bonds is 4. The van der Waals surface area contributed by atoms with Crippen LogP contribution in [0, 0.1) is 6.92 Å². The fourth-order valence-corrected chi connectivity index (χ4v) is 4.07. The SMILES string of the molecule is Cc1ccccc1C(C)NS(=O)(=O)c1cc(Br)ccc1N. The lowest BCUT2D eigenvalue weighted by Crippen LogP contribution is -2.28. The fraction of sp³-hybridized carbons (Fsp3) is 0.200. The summed E-state index contributed by atoms with van der Waals surface area (Å²) < 4.78 is 28.3. The number of aryl methyl sites for hydroxylation is 1. The van der Waals surface area contributed by atoms with Crippen molar-refractivity contribution in [3.63, 3.8) is 0 Å². The molecule has 0 heterocycles. The van der Waals surface area contributed by atoms with Gasteiger partial charge in [0.15, 0.2) is 0 Å². The van der Waals surface area contributed by atoms with E-state index in [-0.39, 0.29) is 16.6 Å². The Balaban J connectivity index is 2.34. The van der Waals surface area contributed by atoms with Gasteiger partial charge in [0.25, 0.3) is 0 Å². The van der Waals surface area contributed by atoms with Gasteiger partial charge in [-0.2, -0.15) is 0 Å². The van der Waals surface area contributed by atoms with Crippen LogP contribution in [-0.2, 0) is 10.0 Å². The molecule has 4 nitrogen and oxygen atoms in total. The second kappa shape index (κ2) is 6.17. The zero-order valence-corrected chi connectivity index (χ0v) is 14.2. The van der Waals surface area contributed by atoms with Crippen LogP contribution >= 0.6 is 15.9 Å². The summed E-state index contributed by atoms with van der Waals surface area (Å²) in [5.74, 6) is 0. The molecule has 0 aliphatic rings. The van der Waals surface area contributed by atoms with Gasteiger partial charge in [0.2, 0.25) is 10.0 Å². The van der Waals surface area contributed by atoms with Crippen LogP contribution in [0.5, 0.6) is 0 Å². The number of benzene rings is 2. The third-order valence-electron chi connectivity index (χ3n) is 3.25. The molecule has 2 aromatic rings. The molecule has 0 saturated heterocycles. The number of sulfonamides is 1. The van der Waals surface area contributed by atoms with Crippen molar-refractivity contribution < 1.29 is 8.42 Å². The van der Waals surface area contributed by atoms with Gasteiger partial charge in [-0.1, -0.05) is 40.2 Å². The first-order valence-corrected chi connectivity index (χ1v) is 8.72. The molecular weight excluding hydrogens is 352 g/mol. The molecule has 0 radical (unpaired) electrons. The smallest absolute Gasteiger partial charge is 0.243 e. The van der Waals surface area contributed by atoms with Crippen LogP contribution in [0.15, 0.2) is 51.8 Å². The van der Waals surface area contributed by atoms with Gasteiger partial charge in [-0.15, -0.1) is 0 Å². The third kappa shape index (κ3) is 3.64. The zero-order chi connectivity index (χ0) is 15.6. The first-order chi connectivity index (χ1) is 9.81. The van der Waals surface area contributed by atoms with Gasteiger partial charge >= 0.3 is 0 Å². The predicted molar refractivity (Wildman–Crippen MR) is 88.5 cm³/mol. The summed E-state index contributed by atoms with van der Waals surface area (Å²) in [5, 5.41) is 0. The van der Waals surface area contributed by atoms with Crippen molar-refractivity contribution in [1.82, 2.24) is 4.72 Å². The average Bonchev–Trinajstić information content (AvgIpc) is 2.41. The minimum absolute atomic E-state index is 0.0808. The third-order valence-corrected chi connectivity index (χ3v) is 5.34. The summed E-state index contributed by atoms with van der Waals surface area (Å²) in [6.45, 7) is 3.77. The van der Waals surface area contributed by atoms with E-state index in [4.69, 9.17) is 5.73 Å². The lowest BCUT2D eigenvalue weighted by atomic mass is 10.0. The Bertz CT molecular complexity index is 760. The fourth-order valence-electron chi connectivity index (χ4n) is 2.17. The highest BCUT2D eigenvalue weighted by molar-refractivity contribution is 9.10. The Kier molecular flexibility index (Phi) is 4.70. The molecule has 1 atom stereocenters. The van der Waals surface area contributed by atoms with E-state index in [9.17, 15) is 8.42 Å². The van der Waals surface area contributed by atoms with Crippen LogP contribution in [0.3, 0.4) is 0 Å². The molecule has 0 spiro atoms. The van der Waals surface area contributed by atoms with Crippen LogP contribution in [0.1, 0.15) is 24.1 Å². The molecule has 21 heavy (non-hydrogen) atoms. The summed E-state index contributed by atoms with van der Waals surface area (Å²) in [6.07, 6.45) is 0. The number of hydrogen-bond donors (Lipinski definition) is 2. The largest absolute Gasteiger partial charge is 0.398 e. The summed E-state index contributed by atoms with van der Waals surface area (Å²) in [7, 11) is -3.68. The Morgan fingerprint density at radius 1 is 1.19 bits per heavy atom. The van der Waals surface area contributed by atoms with E-state index in [1.165, 1.54) is 6.07 Å². The van der Waals surface area contributed by atoms with E-state index in [1.54, 1.807) is 12.1 Å². The quantitative estimate of drug-likeness (QED) is 0.812. The normalized spacial score (nSPS) is 13.1. The molecule has 0 aliphatic heterocycles. The molecule has 2 rings (SSSR count). The lowest BCUT2D eigenvalue weighted by molar-refractivity contribution is 0.567. The molecule has 1 unspecified atom stereocenters. The highest BCUT2D eigenvalue weighted by Gasteiger charge is 2.21. The Morgan fingerprint density at radius 2 is 1.86 bits per heavy atom. The highest BCUT2D eigenvalue weighted by Crippen LogP contribution is 2.25. The topological polar surface area (TPSA) is 72.2 Å². The van der Waals surface area contributed by atoms with Gasteiger partial charge in [-0.25, -0.2) is 13.1 Å². The van der Waals surface area contributed by atoms with Crippen molar-refractivity contribution in [2.75, 3.05) is 5.73 Å². The van der Waals surface area contributed by atoms with E-state index >= 15 is 0 Å². The number of nitrogens with one attached hydrogen (secondary N) is 1. The number of nitrogen functional groups attached to an aromatic ring is 1. The lowest BCUT2D eigenvalue weighted by Gasteiger charge is -2.17. The molecule has 0 aromatic heterocycles. The van der Waals surface area contributed by atoms with Crippen LogP contribution in [0.4, 0.5) is 5.69 Å². The van der Waals surface area contributed by atoms with Gasteiger partial charge < -0.3 is 5.73 Å². The second-order valence-corrected chi connectivity index (χ2v) is 7.48. The van der Waals surface area contributed by atoms with Crippen LogP contribution in [-0.4, -0.2) is 8.42 Å². The van der Waals surface area contributed by atoms with E-state index in [2.05, 4.69) is 20.7 Å². The molecule has 0 amide bonds. The van der Waals surface area contributed by atoms with Crippen molar-refractivity contribution in [2.45, 2.75) is 24.8 Å².